The Morgan fingerprint density at radius 3 is 1.57 bits per heavy atom. The lowest BCUT2D eigenvalue weighted by molar-refractivity contribution is 1.46. The van der Waals surface area contributed by atoms with Crippen LogP contribution in [0.15, 0.2) is 128 Å². The summed E-state index contributed by atoms with van der Waals surface area (Å²) in [6.45, 7) is 8.73. The van der Waals surface area contributed by atoms with Crippen LogP contribution in [0.25, 0.3) is 39.5 Å². The monoisotopic (exact) mass is 477 g/mol. The summed E-state index contributed by atoms with van der Waals surface area (Å²) in [4.78, 5) is 0. The number of hydrogen-bond acceptors (Lipinski definition) is 1. The van der Waals surface area contributed by atoms with E-state index in [1.807, 2.05) is 24.3 Å². The molecule has 0 bridgehead atoms. The molecule has 0 aliphatic heterocycles. The first kappa shape index (κ1) is 24.1. The van der Waals surface area contributed by atoms with E-state index >= 15 is 0 Å². The van der Waals surface area contributed by atoms with Crippen LogP contribution in [0.4, 0.5) is 5.69 Å². The van der Waals surface area contributed by atoms with Crippen molar-refractivity contribution in [1.82, 2.24) is 0 Å². The van der Waals surface area contributed by atoms with Crippen molar-refractivity contribution in [3.63, 3.8) is 0 Å². The summed E-state index contributed by atoms with van der Waals surface area (Å²) in [6.07, 6.45) is 2.22. The summed E-state index contributed by atoms with van der Waals surface area (Å²) >= 11 is 0. The van der Waals surface area contributed by atoms with Gasteiger partial charge < -0.3 is 5.73 Å². The Kier molecular flexibility index (Phi) is 6.87. The predicted octanol–water partition coefficient (Wildman–Crippen LogP) is 9.47. The van der Waals surface area contributed by atoms with Gasteiger partial charge in [-0.15, -0.1) is 0 Å². The van der Waals surface area contributed by atoms with E-state index in [9.17, 15) is 0 Å². The quantitative estimate of drug-likeness (QED) is 0.147. The van der Waals surface area contributed by atoms with E-state index in [1.165, 1.54) is 11.1 Å². The average molecular weight is 478 g/mol. The van der Waals surface area contributed by atoms with Crippen LogP contribution in [0.1, 0.15) is 27.8 Å². The molecule has 0 unspecified atom stereocenters. The fraction of sp³-hybridized carbons (Fsp3) is 0.0556. The maximum atomic E-state index is 7.01. The maximum Gasteiger partial charge on any atom is 0.0473 e. The third-order valence-corrected chi connectivity index (χ3v) is 6.83. The van der Waals surface area contributed by atoms with Crippen molar-refractivity contribution < 1.29 is 0 Å². The standard InChI is InChI=1S/C36H31N/c1-25-14-18-30(19-15-25)32-22-23-33(31-20-16-26(2)17-21-31)36(37)35(32)24-34(29-12-8-5-9-13-29)27(3)28-10-6-4-7-11-28/h4-24H,3,37H2,1-2H3/b34-24+. The van der Waals surface area contributed by atoms with E-state index in [2.05, 4.69) is 124 Å². The Labute approximate surface area is 220 Å². The van der Waals surface area contributed by atoms with Gasteiger partial charge in [0.05, 0.1) is 0 Å². The molecule has 5 aromatic carbocycles. The second-order valence-corrected chi connectivity index (χ2v) is 9.49. The van der Waals surface area contributed by atoms with Gasteiger partial charge in [0.15, 0.2) is 0 Å². The maximum absolute atomic E-state index is 7.01. The molecule has 1 nitrogen and oxygen atoms in total. The topological polar surface area (TPSA) is 26.0 Å². The molecule has 0 aliphatic rings. The van der Waals surface area contributed by atoms with Crippen LogP contribution in [0.3, 0.4) is 0 Å². The van der Waals surface area contributed by atoms with E-state index in [-0.39, 0.29) is 0 Å². The average Bonchev–Trinajstić information content (AvgIpc) is 2.94. The van der Waals surface area contributed by atoms with Crippen molar-refractivity contribution >= 4 is 22.9 Å². The number of allylic oxidation sites excluding steroid dienone is 2. The Bertz CT molecular complexity index is 1560. The Hall–Kier alpha value is -4.62. The van der Waals surface area contributed by atoms with E-state index in [1.54, 1.807) is 0 Å². The predicted molar refractivity (Wildman–Crippen MR) is 161 cm³/mol. The molecule has 5 rings (SSSR count). The molecule has 0 amide bonds. The van der Waals surface area contributed by atoms with E-state index in [4.69, 9.17) is 5.73 Å². The van der Waals surface area contributed by atoms with Gasteiger partial charge in [-0.05, 0) is 58.9 Å². The molecule has 0 aliphatic carbocycles. The molecule has 5 aromatic rings. The van der Waals surface area contributed by atoms with Crippen LogP contribution in [0.2, 0.25) is 0 Å². The SMILES string of the molecule is C=C(/C(=C\c1c(-c2ccc(C)cc2)ccc(-c2ccc(C)cc2)c1N)c1ccccc1)c1ccccc1. The highest BCUT2D eigenvalue weighted by atomic mass is 14.6. The van der Waals surface area contributed by atoms with Crippen molar-refractivity contribution in [2.24, 2.45) is 0 Å². The van der Waals surface area contributed by atoms with Gasteiger partial charge in [-0.3, -0.25) is 0 Å². The molecular formula is C36H31N. The smallest absolute Gasteiger partial charge is 0.0473 e. The van der Waals surface area contributed by atoms with Crippen molar-refractivity contribution in [1.29, 1.82) is 0 Å². The van der Waals surface area contributed by atoms with Gasteiger partial charge >= 0.3 is 0 Å². The summed E-state index contributed by atoms with van der Waals surface area (Å²) in [7, 11) is 0. The molecular weight excluding hydrogens is 446 g/mol. The molecule has 0 spiro atoms. The molecule has 37 heavy (non-hydrogen) atoms. The second-order valence-electron chi connectivity index (χ2n) is 9.49. The van der Waals surface area contributed by atoms with Crippen molar-refractivity contribution in [2.45, 2.75) is 13.8 Å². The number of rotatable bonds is 6. The molecule has 0 saturated heterocycles. The first-order valence-electron chi connectivity index (χ1n) is 12.6. The minimum atomic E-state index is 0.760. The van der Waals surface area contributed by atoms with Crippen LogP contribution >= 0.6 is 0 Å². The Morgan fingerprint density at radius 2 is 1.03 bits per heavy atom. The highest BCUT2D eigenvalue weighted by molar-refractivity contribution is 6.12. The zero-order valence-corrected chi connectivity index (χ0v) is 21.4. The molecule has 0 fully saturated rings. The van der Waals surface area contributed by atoms with E-state index in [0.29, 0.717) is 0 Å². The lowest BCUT2D eigenvalue weighted by Crippen LogP contribution is -1.99. The summed E-state index contributed by atoms with van der Waals surface area (Å²) < 4.78 is 0. The number of nitrogen functional groups attached to an aromatic ring is 1. The number of anilines is 1. The summed E-state index contributed by atoms with van der Waals surface area (Å²) in [6, 6.07) is 42.3. The van der Waals surface area contributed by atoms with Gasteiger partial charge in [-0.1, -0.05) is 139 Å². The Morgan fingerprint density at radius 1 is 0.568 bits per heavy atom. The molecule has 2 N–H and O–H groups in total. The Balaban J connectivity index is 1.77. The molecule has 0 aromatic heterocycles. The summed E-state index contributed by atoms with van der Waals surface area (Å²) in [5, 5.41) is 0. The number of aryl methyl sites for hydroxylation is 2. The lowest BCUT2D eigenvalue weighted by atomic mass is 9.87. The fourth-order valence-corrected chi connectivity index (χ4v) is 4.66. The third kappa shape index (κ3) is 5.17. The highest BCUT2D eigenvalue weighted by Crippen LogP contribution is 2.40. The molecule has 180 valence electrons. The van der Waals surface area contributed by atoms with Gasteiger partial charge in [0, 0.05) is 16.8 Å². The normalized spacial score (nSPS) is 11.4. The van der Waals surface area contributed by atoms with Crippen LogP contribution in [0.5, 0.6) is 0 Å². The molecule has 0 radical (unpaired) electrons. The molecule has 1 heteroatoms. The lowest BCUT2D eigenvalue weighted by Gasteiger charge is -2.18. The van der Waals surface area contributed by atoms with Crippen LogP contribution in [-0.2, 0) is 0 Å². The number of nitrogens with two attached hydrogens (primary N) is 1. The van der Waals surface area contributed by atoms with Gasteiger partial charge in [0.2, 0.25) is 0 Å². The fourth-order valence-electron chi connectivity index (χ4n) is 4.66. The summed E-state index contributed by atoms with van der Waals surface area (Å²) in [5.41, 5.74) is 19.8. The van der Waals surface area contributed by atoms with Crippen molar-refractivity contribution in [3.05, 3.63) is 156 Å². The molecule has 0 saturated carbocycles. The molecule has 0 atom stereocenters. The van der Waals surface area contributed by atoms with Crippen LogP contribution < -0.4 is 5.73 Å². The molecule has 0 heterocycles. The van der Waals surface area contributed by atoms with Crippen molar-refractivity contribution in [3.8, 4) is 22.3 Å². The van der Waals surface area contributed by atoms with Gasteiger partial charge in [-0.2, -0.15) is 0 Å². The van der Waals surface area contributed by atoms with Crippen molar-refractivity contribution in [2.75, 3.05) is 5.73 Å². The largest absolute Gasteiger partial charge is 0.398 e. The highest BCUT2D eigenvalue weighted by Gasteiger charge is 2.16. The second kappa shape index (κ2) is 10.6. The zero-order chi connectivity index (χ0) is 25.8. The van der Waals surface area contributed by atoms with Gasteiger partial charge in [-0.25, -0.2) is 0 Å². The third-order valence-electron chi connectivity index (χ3n) is 6.83. The van der Waals surface area contributed by atoms with Crippen LogP contribution in [-0.4, -0.2) is 0 Å². The van der Waals surface area contributed by atoms with Gasteiger partial charge in [0.25, 0.3) is 0 Å². The zero-order valence-electron chi connectivity index (χ0n) is 21.4. The first-order chi connectivity index (χ1) is 18.0. The minimum absolute atomic E-state index is 0.760. The van der Waals surface area contributed by atoms with E-state index in [0.717, 1.165) is 55.8 Å². The summed E-state index contributed by atoms with van der Waals surface area (Å²) in [5.74, 6) is 0. The first-order valence-corrected chi connectivity index (χ1v) is 12.6. The minimum Gasteiger partial charge on any atom is -0.398 e. The van der Waals surface area contributed by atoms with E-state index < -0.39 is 0 Å². The number of hydrogen-bond donors (Lipinski definition) is 1. The van der Waals surface area contributed by atoms with Crippen LogP contribution in [0, 0.1) is 13.8 Å². The van der Waals surface area contributed by atoms with Gasteiger partial charge in [0.1, 0.15) is 0 Å². The number of benzene rings is 5.